The van der Waals surface area contributed by atoms with Gasteiger partial charge in [0.2, 0.25) is 0 Å². The monoisotopic (exact) mass is 227 g/mol. The molecule has 1 aliphatic rings. The molecule has 2 atom stereocenters. The molecule has 0 aliphatic carbocycles. The van der Waals surface area contributed by atoms with Gasteiger partial charge in [0.15, 0.2) is 0 Å². The smallest absolute Gasteiger partial charge is 0.127 e. The highest BCUT2D eigenvalue weighted by Crippen LogP contribution is 2.38. The molecule has 1 nitrogen and oxygen atoms in total. The Morgan fingerprint density at radius 1 is 1.47 bits per heavy atom. The van der Waals surface area contributed by atoms with E-state index in [2.05, 4.69) is 5.32 Å². The van der Waals surface area contributed by atoms with Crippen LogP contribution in [0.1, 0.15) is 31.4 Å². The number of piperidine rings is 1. The summed E-state index contributed by atoms with van der Waals surface area (Å²) >= 11 is 6.08. The Hall–Kier alpha value is -0.600. The lowest BCUT2D eigenvalue weighted by molar-refractivity contribution is 0.0884. The van der Waals surface area contributed by atoms with E-state index in [-0.39, 0.29) is 6.04 Å². The van der Waals surface area contributed by atoms with Gasteiger partial charge in [-0.2, -0.15) is 0 Å². The quantitative estimate of drug-likeness (QED) is 0.775. The normalized spacial score (nSPS) is 31.5. The van der Waals surface area contributed by atoms with Crippen molar-refractivity contribution in [1.29, 1.82) is 0 Å². The van der Waals surface area contributed by atoms with E-state index in [0.29, 0.717) is 11.4 Å². The lowest BCUT2D eigenvalue weighted by atomic mass is 9.85. The van der Waals surface area contributed by atoms with Crippen molar-refractivity contribution < 1.29 is 4.39 Å². The van der Waals surface area contributed by atoms with Crippen molar-refractivity contribution in [2.24, 2.45) is 0 Å². The van der Waals surface area contributed by atoms with Gasteiger partial charge in [-0.1, -0.05) is 29.8 Å². The molecule has 1 aromatic rings. The molecule has 1 saturated heterocycles. The predicted molar refractivity (Wildman–Crippen MR) is 60.9 cm³/mol. The lowest BCUT2D eigenvalue weighted by Crippen LogP contribution is -2.43. The summed E-state index contributed by atoms with van der Waals surface area (Å²) < 4.78 is 14.3. The van der Waals surface area contributed by atoms with Crippen molar-refractivity contribution in [2.45, 2.75) is 31.5 Å². The van der Waals surface area contributed by atoms with Gasteiger partial charge in [-0.3, -0.25) is 0 Å². The third kappa shape index (κ3) is 2.16. The van der Waals surface area contributed by atoms with Crippen molar-refractivity contribution >= 4 is 11.6 Å². The molecule has 0 bridgehead atoms. The maximum Gasteiger partial charge on any atom is 0.127 e. The van der Waals surface area contributed by atoms with Crippen LogP contribution in [0.5, 0.6) is 0 Å². The molecule has 1 N–H and O–H groups in total. The number of nitrogens with one attached hydrogen (secondary N) is 1. The summed E-state index contributed by atoms with van der Waals surface area (Å²) in [6.45, 7) is 2.50. The molecule has 0 spiro atoms. The van der Waals surface area contributed by atoms with E-state index in [4.69, 9.17) is 11.6 Å². The minimum atomic E-state index is -1.21. The summed E-state index contributed by atoms with van der Waals surface area (Å²) in [5, 5.41) is 3.85. The van der Waals surface area contributed by atoms with Gasteiger partial charge >= 0.3 is 0 Å². The molecule has 1 heterocycles. The SMILES string of the molecule is CC1(F)CCCNC1c1ccccc1Cl. The van der Waals surface area contributed by atoms with Gasteiger partial charge in [0.25, 0.3) is 0 Å². The summed E-state index contributed by atoms with van der Waals surface area (Å²) in [6, 6.07) is 7.18. The molecule has 0 aromatic heterocycles. The van der Waals surface area contributed by atoms with Crippen LogP contribution in [0.4, 0.5) is 4.39 Å². The van der Waals surface area contributed by atoms with E-state index in [1.807, 2.05) is 24.3 Å². The molecular weight excluding hydrogens is 213 g/mol. The molecule has 82 valence electrons. The van der Waals surface area contributed by atoms with Crippen LogP contribution in [0.15, 0.2) is 24.3 Å². The van der Waals surface area contributed by atoms with E-state index >= 15 is 0 Å². The van der Waals surface area contributed by atoms with Crippen LogP contribution < -0.4 is 5.32 Å². The molecule has 15 heavy (non-hydrogen) atoms. The van der Waals surface area contributed by atoms with E-state index < -0.39 is 5.67 Å². The second-order valence-corrected chi connectivity index (χ2v) is 4.70. The van der Waals surface area contributed by atoms with Crippen molar-refractivity contribution in [3.8, 4) is 0 Å². The van der Waals surface area contributed by atoms with Gasteiger partial charge in [-0.25, -0.2) is 4.39 Å². The summed E-state index contributed by atoms with van der Waals surface area (Å²) in [5.74, 6) is 0. The zero-order valence-electron chi connectivity index (χ0n) is 8.76. The minimum absolute atomic E-state index is 0.278. The fourth-order valence-corrected chi connectivity index (χ4v) is 2.43. The fraction of sp³-hybridized carbons (Fsp3) is 0.500. The first-order valence-electron chi connectivity index (χ1n) is 5.28. The van der Waals surface area contributed by atoms with Gasteiger partial charge in [0.05, 0.1) is 6.04 Å². The van der Waals surface area contributed by atoms with Crippen LogP contribution in [0.3, 0.4) is 0 Å². The highest BCUT2D eigenvalue weighted by atomic mass is 35.5. The molecule has 0 amide bonds. The Morgan fingerprint density at radius 2 is 2.20 bits per heavy atom. The maximum atomic E-state index is 14.3. The Kier molecular flexibility index (Phi) is 2.98. The van der Waals surface area contributed by atoms with Gasteiger partial charge in [-0.15, -0.1) is 0 Å². The first-order valence-corrected chi connectivity index (χ1v) is 5.66. The molecule has 3 heteroatoms. The third-order valence-electron chi connectivity index (χ3n) is 3.01. The van der Waals surface area contributed by atoms with Crippen molar-refractivity contribution in [3.63, 3.8) is 0 Å². The zero-order chi connectivity index (χ0) is 10.9. The van der Waals surface area contributed by atoms with Crippen LogP contribution in [0.2, 0.25) is 5.02 Å². The lowest BCUT2D eigenvalue weighted by Gasteiger charge is -2.36. The highest BCUT2D eigenvalue weighted by molar-refractivity contribution is 6.31. The van der Waals surface area contributed by atoms with Crippen LogP contribution in [-0.2, 0) is 0 Å². The average molecular weight is 228 g/mol. The fourth-order valence-electron chi connectivity index (χ4n) is 2.18. The van der Waals surface area contributed by atoms with E-state index in [1.165, 1.54) is 0 Å². The molecule has 1 aromatic carbocycles. The zero-order valence-corrected chi connectivity index (χ0v) is 9.52. The number of hydrogen-bond acceptors (Lipinski definition) is 1. The van der Waals surface area contributed by atoms with Crippen LogP contribution in [-0.4, -0.2) is 12.2 Å². The van der Waals surface area contributed by atoms with E-state index in [0.717, 1.165) is 18.5 Å². The molecule has 2 rings (SSSR count). The topological polar surface area (TPSA) is 12.0 Å². The number of alkyl halides is 1. The van der Waals surface area contributed by atoms with Crippen LogP contribution in [0, 0.1) is 0 Å². The average Bonchev–Trinajstić information content (AvgIpc) is 2.19. The van der Waals surface area contributed by atoms with Gasteiger partial charge in [-0.05, 0) is 37.9 Å². The van der Waals surface area contributed by atoms with Gasteiger partial charge in [0.1, 0.15) is 5.67 Å². The Balaban J connectivity index is 2.33. The van der Waals surface area contributed by atoms with Crippen LogP contribution >= 0.6 is 11.6 Å². The summed E-state index contributed by atoms with van der Waals surface area (Å²) in [4.78, 5) is 0. The second-order valence-electron chi connectivity index (χ2n) is 4.29. The Bertz CT molecular complexity index is 351. The largest absolute Gasteiger partial charge is 0.307 e. The molecule has 2 unspecified atom stereocenters. The highest BCUT2D eigenvalue weighted by Gasteiger charge is 2.38. The predicted octanol–water partition coefficient (Wildman–Crippen LogP) is 3.49. The first-order chi connectivity index (χ1) is 7.11. The van der Waals surface area contributed by atoms with Crippen molar-refractivity contribution in [1.82, 2.24) is 5.32 Å². The van der Waals surface area contributed by atoms with Gasteiger partial charge in [0, 0.05) is 5.02 Å². The Morgan fingerprint density at radius 3 is 2.87 bits per heavy atom. The maximum absolute atomic E-state index is 14.3. The third-order valence-corrected chi connectivity index (χ3v) is 3.35. The Labute approximate surface area is 94.6 Å². The number of halogens is 2. The van der Waals surface area contributed by atoms with E-state index in [1.54, 1.807) is 6.92 Å². The van der Waals surface area contributed by atoms with Crippen molar-refractivity contribution in [2.75, 3.05) is 6.54 Å². The van der Waals surface area contributed by atoms with Crippen molar-refractivity contribution in [3.05, 3.63) is 34.9 Å². The summed E-state index contributed by atoms with van der Waals surface area (Å²) in [7, 11) is 0. The molecule has 1 aliphatic heterocycles. The van der Waals surface area contributed by atoms with Crippen LogP contribution in [0.25, 0.3) is 0 Å². The number of rotatable bonds is 1. The van der Waals surface area contributed by atoms with E-state index in [9.17, 15) is 4.39 Å². The summed E-state index contributed by atoms with van der Waals surface area (Å²) in [5.41, 5.74) is -0.340. The summed E-state index contributed by atoms with van der Waals surface area (Å²) in [6.07, 6.45) is 1.48. The molecule has 1 fully saturated rings. The number of benzene rings is 1. The molecule has 0 radical (unpaired) electrons. The molecular formula is C12H15ClFN. The molecule has 0 saturated carbocycles. The number of hydrogen-bond donors (Lipinski definition) is 1. The first kappa shape index (κ1) is 10.9. The standard InChI is InChI=1S/C12H15ClFN/c1-12(14)7-4-8-15-11(12)9-5-2-3-6-10(9)13/h2-3,5-6,11,15H,4,7-8H2,1H3. The second kappa shape index (κ2) is 4.11. The minimum Gasteiger partial charge on any atom is -0.307 e. The van der Waals surface area contributed by atoms with Gasteiger partial charge < -0.3 is 5.32 Å².